The molecule has 7 aromatic carbocycles. The van der Waals surface area contributed by atoms with E-state index in [0.717, 1.165) is 22.5 Å². The topological polar surface area (TPSA) is 17.8 Å². The van der Waals surface area contributed by atoms with Gasteiger partial charge in [-0.3, -0.25) is 0 Å². The normalized spacial score (nSPS) is 11.6. The smallest absolute Gasteiger partial charge is 0.0722 e. The summed E-state index contributed by atoms with van der Waals surface area (Å²) in [6.45, 7) is 0. The highest BCUT2D eigenvalue weighted by Crippen LogP contribution is 2.37. The molecule has 0 aliphatic rings. The van der Waals surface area contributed by atoms with E-state index in [-0.39, 0.29) is 0 Å². The molecule has 2 nitrogen and oxygen atoms in total. The largest absolute Gasteiger partial charge is 0.309 e. The number of rotatable bonds is 4. The van der Waals surface area contributed by atoms with Crippen molar-refractivity contribution in [3.05, 3.63) is 170 Å². The van der Waals surface area contributed by atoms with E-state index in [1.54, 1.807) is 0 Å². The van der Waals surface area contributed by atoms with Gasteiger partial charge in [0, 0.05) is 27.4 Å². The summed E-state index contributed by atoms with van der Waals surface area (Å²) in [4.78, 5) is 5.19. The van der Waals surface area contributed by atoms with Crippen molar-refractivity contribution in [1.29, 1.82) is 0 Å². The van der Waals surface area contributed by atoms with E-state index in [1.807, 2.05) is 0 Å². The number of aromatic nitrogens is 2. The van der Waals surface area contributed by atoms with E-state index < -0.39 is 0 Å². The Labute approximate surface area is 261 Å². The number of para-hydroxylation sites is 2. The van der Waals surface area contributed by atoms with Crippen LogP contribution in [0.2, 0.25) is 0 Å². The summed E-state index contributed by atoms with van der Waals surface area (Å²) in [6.07, 6.45) is 0. The van der Waals surface area contributed by atoms with Crippen LogP contribution in [0, 0.1) is 0 Å². The zero-order chi connectivity index (χ0) is 29.7. The van der Waals surface area contributed by atoms with Gasteiger partial charge in [-0.25, -0.2) is 4.98 Å². The van der Waals surface area contributed by atoms with Gasteiger partial charge in [0.25, 0.3) is 0 Å². The maximum Gasteiger partial charge on any atom is 0.0722 e. The van der Waals surface area contributed by atoms with E-state index >= 15 is 0 Å². The first-order valence-corrected chi connectivity index (χ1v) is 15.4. The van der Waals surface area contributed by atoms with Crippen molar-refractivity contribution in [2.75, 3.05) is 0 Å². The molecule has 0 aliphatic heterocycles. The number of nitrogens with zero attached hydrogens (tertiary/aromatic N) is 2. The van der Waals surface area contributed by atoms with Gasteiger partial charge in [0.05, 0.1) is 22.2 Å². The maximum atomic E-state index is 5.19. The molecule has 0 N–H and O–H groups in total. The molecule has 0 saturated heterocycles. The number of pyridine rings is 1. The molecular formula is C43H28N2. The van der Waals surface area contributed by atoms with Crippen molar-refractivity contribution >= 4 is 43.5 Å². The lowest BCUT2D eigenvalue weighted by molar-refractivity contribution is 1.18. The highest BCUT2D eigenvalue weighted by molar-refractivity contribution is 6.14. The average molecular weight is 573 g/mol. The molecule has 2 aromatic heterocycles. The lowest BCUT2D eigenvalue weighted by Crippen LogP contribution is -1.94. The van der Waals surface area contributed by atoms with Gasteiger partial charge in [0.2, 0.25) is 0 Å². The Balaban J connectivity index is 1.15. The Morgan fingerprint density at radius 3 is 1.78 bits per heavy atom. The van der Waals surface area contributed by atoms with Crippen LogP contribution in [0.5, 0.6) is 0 Å². The highest BCUT2D eigenvalue weighted by atomic mass is 15.0. The van der Waals surface area contributed by atoms with Gasteiger partial charge in [-0.05, 0) is 69.4 Å². The number of benzene rings is 7. The van der Waals surface area contributed by atoms with Crippen molar-refractivity contribution in [1.82, 2.24) is 9.55 Å². The molecule has 0 amide bonds. The lowest BCUT2D eigenvalue weighted by Gasteiger charge is -2.13. The van der Waals surface area contributed by atoms with Crippen LogP contribution in [-0.2, 0) is 0 Å². The lowest BCUT2D eigenvalue weighted by atomic mass is 9.94. The summed E-state index contributed by atoms with van der Waals surface area (Å²) in [5.41, 5.74) is 11.4. The number of hydrogen-bond acceptors (Lipinski definition) is 1. The molecular weight excluding hydrogens is 544 g/mol. The first-order chi connectivity index (χ1) is 22.3. The third-order valence-electron chi connectivity index (χ3n) is 8.98. The predicted molar refractivity (Wildman–Crippen MR) is 190 cm³/mol. The maximum absolute atomic E-state index is 5.19. The highest BCUT2D eigenvalue weighted by Gasteiger charge is 2.14. The van der Waals surface area contributed by atoms with Crippen molar-refractivity contribution in [2.24, 2.45) is 0 Å². The summed E-state index contributed by atoms with van der Waals surface area (Å²) in [5.74, 6) is 0. The van der Waals surface area contributed by atoms with Gasteiger partial charge < -0.3 is 4.57 Å². The monoisotopic (exact) mass is 572 g/mol. The Hall–Kier alpha value is -5.99. The summed E-state index contributed by atoms with van der Waals surface area (Å²) in [5, 5.41) is 6.19. The minimum absolute atomic E-state index is 0.974. The first-order valence-electron chi connectivity index (χ1n) is 15.4. The van der Waals surface area contributed by atoms with Gasteiger partial charge in [-0.15, -0.1) is 0 Å². The fourth-order valence-electron chi connectivity index (χ4n) is 6.86. The third-order valence-corrected chi connectivity index (χ3v) is 8.98. The van der Waals surface area contributed by atoms with Crippen LogP contribution in [0.1, 0.15) is 0 Å². The zero-order valence-electron chi connectivity index (χ0n) is 24.6. The molecule has 9 aromatic rings. The molecule has 0 atom stereocenters. The Kier molecular flexibility index (Phi) is 5.85. The molecule has 210 valence electrons. The first kappa shape index (κ1) is 25.5. The summed E-state index contributed by atoms with van der Waals surface area (Å²) >= 11 is 0. The fourth-order valence-corrected chi connectivity index (χ4v) is 6.86. The van der Waals surface area contributed by atoms with Gasteiger partial charge >= 0.3 is 0 Å². The molecule has 0 bridgehead atoms. The van der Waals surface area contributed by atoms with Crippen molar-refractivity contribution < 1.29 is 0 Å². The molecule has 2 heterocycles. The minimum Gasteiger partial charge on any atom is -0.309 e. The summed E-state index contributed by atoms with van der Waals surface area (Å²) in [6, 6.07) is 60.8. The molecule has 0 unspecified atom stereocenters. The van der Waals surface area contributed by atoms with Gasteiger partial charge in [0.15, 0.2) is 0 Å². The van der Waals surface area contributed by atoms with Crippen LogP contribution in [0.3, 0.4) is 0 Å². The zero-order valence-corrected chi connectivity index (χ0v) is 24.6. The Morgan fingerprint density at radius 1 is 0.400 bits per heavy atom. The summed E-state index contributed by atoms with van der Waals surface area (Å²) < 4.78 is 2.37. The molecule has 0 saturated carbocycles. The minimum atomic E-state index is 0.974. The molecule has 0 radical (unpaired) electrons. The number of fused-ring (bicyclic) bond motifs is 6. The molecule has 0 fully saturated rings. The Morgan fingerprint density at radius 2 is 1.02 bits per heavy atom. The van der Waals surface area contributed by atoms with Gasteiger partial charge in [-0.2, -0.15) is 0 Å². The quantitative estimate of drug-likeness (QED) is 0.192. The van der Waals surface area contributed by atoms with Crippen molar-refractivity contribution in [3.63, 3.8) is 0 Å². The molecule has 0 spiro atoms. The molecule has 45 heavy (non-hydrogen) atoms. The van der Waals surface area contributed by atoms with Crippen LogP contribution < -0.4 is 0 Å². The van der Waals surface area contributed by atoms with Gasteiger partial charge in [-0.1, -0.05) is 133 Å². The van der Waals surface area contributed by atoms with E-state index in [0.29, 0.717) is 0 Å². The van der Waals surface area contributed by atoms with E-state index in [4.69, 9.17) is 4.98 Å². The van der Waals surface area contributed by atoms with Crippen LogP contribution in [0.25, 0.3) is 82.7 Å². The fraction of sp³-hybridized carbons (Fsp3) is 0. The molecule has 9 rings (SSSR count). The van der Waals surface area contributed by atoms with E-state index in [2.05, 4.69) is 174 Å². The molecule has 2 heteroatoms. The van der Waals surface area contributed by atoms with Crippen LogP contribution >= 0.6 is 0 Å². The van der Waals surface area contributed by atoms with Gasteiger partial charge in [0.1, 0.15) is 0 Å². The molecule has 0 aliphatic carbocycles. The van der Waals surface area contributed by atoms with Crippen LogP contribution in [-0.4, -0.2) is 9.55 Å². The second kappa shape index (κ2) is 10.3. The Bertz CT molecular complexity index is 2470. The third kappa shape index (κ3) is 4.22. The number of hydrogen-bond donors (Lipinski definition) is 0. The predicted octanol–water partition coefficient (Wildman–Crippen LogP) is 11.5. The average Bonchev–Trinajstić information content (AvgIpc) is 3.46. The second-order valence-electron chi connectivity index (χ2n) is 11.6. The standard InChI is InChI=1S/C43H28N2/c1-2-11-30(12-3-1)38-28-40(44-39-26-25-31-13-4-5-16-35(31)43(38)39)32-23-21-29(22-24-32)33-14-10-15-34(27-33)45-41-19-8-6-17-36(41)37-18-7-9-20-42(37)45/h1-28H. The van der Waals surface area contributed by atoms with E-state index in [9.17, 15) is 0 Å². The van der Waals surface area contributed by atoms with Crippen LogP contribution in [0.15, 0.2) is 170 Å². The second-order valence-corrected chi connectivity index (χ2v) is 11.6. The summed E-state index contributed by atoms with van der Waals surface area (Å²) in [7, 11) is 0. The van der Waals surface area contributed by atoms with Crippen LogP contribution in [0.4, 0.5) is 0 Å². The van der Waals surface area contributed by atoms with Crippen molar-refractivity contribution in [2.45, 2.75) is 0 Å². The SMILES string of the molecule is c1ccc(-c2cc(-c3ccc(-c4cccc(-n5c6ccccc6c6ccccc65)c4)cc3)nc3ccc4ccccc4c23)cc1. The van der Waals surface area contributed by atoms with Crippen molar-refractivity contribution in [3.8, 4) is 39.2 Å². The van der Waals surface area contributed by atoms with E-state index in [1.165, 1.54) is 60.2 Å².